The smallest absolute Gasteiger partial charge is 0.266 e. The summed E-state index contributed by atoms with van der Waals surface area (Å²) in [4.78, 5) is 19.2. The summed E-state index contributed by atoms with van der Waals surface area (Å²) in [6, 6.07) is 5.83. The molecule has 1 aliphatic heterocycles. The van der Waals surface area contributed by atoms with Crippen molar-refractivity contribution >= 4 is 33.1 Å². The van der Waals surface area contributed by atoms with Crippen LogP contribution in [0.25, 0.3) is 10.2 Å². The molecule has 0 saturated carbocycles. The zero-order valence-corrected chi connectivity index (χ0v) is 17.2. The van der Waals surface area contributed by atoms with Gasteiger partial charge in [0.2, 0.25) is 0 Å². The van der Waals surface area contributed by atoms with Crippen molar-refractivity contribution < 1.29 is 19.0 Å². The van der Waals surface area contributed by atoms with Crippen molar-refractivity contribution in [2.24, 2.45) is 0 Å². The first-order valence-corrected chi connectivity index (χ1v) is 9.83. The zero-order chi connectivity index (χ0) is 19.8. The number of thiophene rings is 1. The molecule has 6 nitrogen and oxygen atoms in total. The zero-order valence-electron chi connectivity index (χ0n) is 16.3. The van der Waals surface area contributed by atoms with Crippen molar-refractivity contribution in [3.63, 3.8) is 0 Å². The van der Waals surface area contributed by atoms with Crippen LogP contribution in [0, 0.1) is 20.8 Å². The minimum atomic E-state index is -0.140. The van der Waals surface area contributed by atoms with Crippen molar-refractivity contribution in [3.05, 3.63) is 51.0 Å². The molecule has 1 N–H and O–H groups in total. The van der Waals surface area contributed by atoms with Gasteiger partial charge in [0.25, 0.3) is 5.91 Å². The largest absolute Gasteiger partial charge is 0.467 e. The molecule has 3 aromatic rings. The number of carbonyl (C=O) groups is 1. The van der Waals surface area contributed by atoms with E-state index >= 15 is 0 Å². The van der Waals surface area contributed by atoms with Gasteiger partial charge in [0.15, 0.2) is 6.79 Å². The van der Waals surface area contributed by atoms with Crippen LogP contribution >= 0.6 is 11.3 Å². The fourth-order valence-corrected chi connectivity index (χ4v) is 4.86. The molecule has 0 spiro atoms. The van der Waals surface area contributed by atoms with Gasteiger partial charge in [-0.3, -0.25) is 4.79 Å². The summed E-state index contributed by atoms with van der Waals surface area (Å²) >= 11 is 1.43. The molecule has 3 heterocycles. The normalized spacial score (nSPS) is 13.3. The lowest BCUT2D eigenvalue weighted by molar-refractivity contribution is -0.0179. The van der Waals surface area contributed by atoms with Crippen molar-refractivity contribution in [2.45, 2.75) is 34.0 Å². The number of ether oxygens (including phenoxy) is 3. The fourth-order valence-electron chi connectivity index (χ4n) is 3.66. The van der Waals surface area contributed by atoms with Crippen molar-refractivity contribution in [1.29, 1.82) is 0 Å². The maximum absolute atomic E-state index is 13.0. The predicted molar refractivity (Wildman–Crippen MR) is 109 cm³/mol. The molecule has 1 aromatic carbocycles. The molecule has 0 saturated heterocycles. The molecule has 0 atom stereocenters. The Morgan fingerprint density at radius 3 is 2.89 bits per heavy atom. The highest BCUT2D eigenvalue weighted by molar-refractivity contribution is 7.20. The molecule has 146 valence electrons. The van der Waals surface area contributed by atoms with Gasteiger partial charge in [0.05, 0.1) is 18.1 Å². The van der Waals surface area contributed by atoms with Gasteiger partial charge in [0.1, 0.15) is 10.6 Å². The quantitative estimate of drug-likeness (QED) is 0.701. The highest BCUT2D eigenvalue weighted by atomic mass is 32.1. The lowest BCUT2D eigenvalue weighted by atomic mass is 10.1. The average molecular weight is 398 g/mol. The van der Waals surface area contributed by atoms with Gasteiger partial charge in [0, 0.05) is 35.0 Å². The van der Waals surface area contributed by atoms with E-state index in [4.69, 9.17) is 14.2 Å². The summed E-state index contributed by atoms with van der Waals surface area (Å²) in [5, 5.41) is 4.08. The number of benzene rings is 1. The molecule has 28 heavy (non-hydrogen) atoms. The Labute approximate surface area is 167 Å². The van der Waals surface area contributed by atoms with Crippen molar-refractivity contribution in [2.75, 3.05) is 19.2 Å². The number of amides is 1. The third-order valence-electron chi connectivity index (χ3n) is 4.78. The van der Waals surface area contributed by atoms with Crippen LogP contribution in [-0.2, 0) is 22.7 Å². The number of nitrogens with zero attached hydrogens (tertiary/aromatic N) is 1. The molecule has 4 rings (SSSR count). The summed E-state index contributed by atoms with van der Waals surface area (Å²) < 4.78 is 16.3. The SMILES string of the molecule is COCc1cc(NC(=O)c2sc3nc(C)cc(C)c3c2C)cc2c1OCOC2. The number of hydrogen-bond donors (Lipinski definition) is 1. The molecule has 1 aliphatic rings. The monoisotopic (exact) mass is 398 g/mol. The van der Waals surface area contributed by atoms with Crippen LogP contribution in [0.2, 0.25) is 0 Å². The van der Waals surface area contributed by atoms with E-state index in [1.54, 1.807) is 7.11 Å². The van der Waals surface area contributed by atoms with E-state index in [9.17, 15) is 4.79 Å². The number of aryl methyl sites for hydroxylation is 3. The van der Waals surface area contributed by atoms with Gasteiger partial charge in [-0.2, -0.15) is 0 Å². The molecular weight excluding hydrogens is 376 g/mol. The van der Waals surface area contributed by atoms with E-state index in [1.165, 1.54) is 11.3 Å². The van der Waals surface area contributed by atoms with Crippen molar-refractivity contribution in [1.82, 2.24) is 4.98 Å². The Kier molecular flexibility index (Phi) is 5.05. The fraction of sp³-hybridized carbons (Fsp3) is 0.333. The first-order valence-electron chi connectivity index (χ1n) is 9.02. The molecule has 7 heteroatoms. The molecule has 0 fully saturated rings. The maximum atomic E-state index is 13.0. The predicted octanol–water partition coefficient (Wildman–Crippen LogP) is 4.49. The van der Waals surface area contributed by atoms with E-state index in [1.807, 2.05) is 32.0 Å². The van der Waals surface area contributed by atoms with Crippen LogP contribution in [0.15, 0.2) is 18.2 Å². The number of aromatic nitrogens is 1. The van der Waals surface area contributed by atoms with Gasteiger partial charge in [-0.05, 0) is 50.1 Å². The minimum Gasteiger partial charge on any atom is -0.467 e. The number of pyridine rings is 1. The average Bonchev–Trinajstić information content (AvgIpc) is 2.98. The number of fused-ring (bicyclic) bond motifs is 2. The van der Waals surface area contributed by atoms with Crippen LogP contribution in [-0.4, -0.2) is 24.8 Å². The third-order valence-corrected chi connectivity index (χ3v) is 5.96. The summed E-state index contributed by atoms with van der Waals surface area (Å²) in [7, 11) is 1.63. The summed E-state index contributed by atoms with van der Waals surface area (Å²) in [5.41, 5.74) is 5.54. The first-order chi connectivity index (χ1) is 13.5. The van der Waals surface area contributed by atoms with Crippen LogP contribution in [0.3, 0.4) is 0 Å². The number of anilines is 1. The molecular formula is C21H22N2O4S. The van der Waals surface area contributed by atoms with Gasteiger partial charge in [-0.15, -0.1) is 11.3 Å². The Bertz CT molecular complexity index is 1070. The summed E-state index contributed by atoms with van der Waals surface area (Å²) in [6.45, 7) is 7.07. The Morgan fingerprint density at radius 1 is 1.29 bits per heavy atom. The number of rotatable bonds is 4. The first kappa shape index (κ1) is 18.9. The van der Waals surface area contributed by atoms with E-state index in [0.717, 1.165) is 43.9 Å². The highest BCUT2D eigenvalue weighted by Crippen LogP contribution is 2.35. The summed E-state index contributed by atoms with van der Waals surface area (Å²) in [5.74, 6) is 0.637. The Hall–Kier alpha value is -2.48. The molecule has 0 unspecified atom stereocenters. The van der Waals surface area contributed by atoms with Gasteiger partial charge >= 0.3 is 0 Å². The molecule has 0 bridgehead atoms. The van der Waals surface area contributed by atoms with E-state index in [-0.39, 0.29) is 12.7 Å². The second-order valence-electron chi connectivity index (χ2n) is 6.94. The van der Waals surface area contributed by atoms with E-state index in [2.05, 4.69) is 17.2 Å². The second-order valence-corrected chi connectivity index (χ2v) is 7.94. The number of nitrogens with one attached hydrogen (secondary N) is 1. The van der Waals surface area contributed by atoms with Crippen LogP contribution in [0.4, 0.5) is 5.69 Å². The third kappa shape index (κ3) is 3.37. The number of hydrogen-bond acceptors (Lipinski definition) is 6. The van der Waals surface area contributed by atoms with Gasteiger partial charge < -0.3 is 19.5 Å². The standard InChI is InChI=1S/C21H22N2O4S/c1-11-5-12(2)22-21-17(11)13(3)19(28-21)20(24)23-16-6-14(8-25-4)18-15(7-16)9-26-10-27-18/h5-7H,8-10H2,1-4H3,(H,23,24). The van der Waals surface area contributed by atoms with Crippen LogP contribution in [0.1, 0.15) is 37.6 Å². The van der Waals surface area contributed by atoms with E-state index in [0.29, 0.717) is 23.8 Å². The minimum absolute atomic E-state index is 0.140. The highest BCUT2D eigenvalue weighted by Gasteiger charge is 2.21. The molecule has 1 amide bonds. The van der Waals surface area contributed by atoms with Crippen LogP contribution in [0.5, 0.6) is 5.75 Å². The van der Waals surface area contributed by atoms with E-state index < -0.39 is 0 Å². The Balaban J connectivity index is 1.69. The lowest BCUT2D eigenvalue weighted by Gasteiger charge is -2.22. The topological polar surface area (TPSA) is 69.7 Å². The summed E-state index contributed by atoms with van der Waals surface area (Å²) in [6.07, 6.45) is 0. The maximum Gasteiger partial charge on any atom is 0.266 e. The Morgan fingerprint density at radius 2 is 2.11 bits per heavy atom. The molecule has 2 aromatic heterocycles. The van der Waals surface area contributed by atoms with Gasteiger partial charge in [-0.1, -0.05) is 0 Å². The van der Waals surface area contributed by atoms with Crippen LogP contribution < -0.4 is 10.1 Å². The number of methoxy groups -OCH3 is 1. The second kappa shape index (κ2) is 7.50. The van der Waals surface area contributed by atoms with Gasteiger partial charge in [-0.25, -0.2) is 4.98 Å². The molecule has 0 radical (unpaired) electrons. The lowest BCUT2D eigenvalue weighted by Crippen LogP contribution is -2.16. The number of carbonyl (C=O) groups excluding carboxylic acids is 1. The van der Waals surface area contributed by atoms with Crippen molar-refractivity contribution in [3.8, 4) is 5.75 Å². The molecule has 0 aliphatic carbocycles.